The first-order valence-corrected chi connectivity index (χ1v) is 5.89. The minimum absolute atomic E-state index is 0.368. The maximum atomic E-state index is 10.8. The van der Waals surface area contributed by atoms with E-state index < -0.39 is 0 Å². The summed E-state index contributed by atoms with van der Waals surface area (Å²) in [5.74, 6) is 0. The zero-order valence-electron chi connectivity index (χ0n) is 10.5. The molecule has 0 aliphatic heterocycles. The summed E-state index contributed by atoms with van der Waals surface area (Å²) in [5.41, 5.74) is 1.22. The number of para-hydroxylation sites is 1. The molecule has 0 spiro atoms. The zero-order valence-corrected chi connectivity index (χ0v) is 10.5. The van der Waals surface area contributed by atoms with Crippen LogP contribution in [-0.4, -0.2) is 32.8 Å². The fourth-order valence-corrected chi connectivity index (χ4v) is 1.64. The number of methoxy groups -OCH3 is 1. The van der Waals surface area contributed by atoms with E-state index in [4.69, 9.17) is 0 Å². The normalized spacial score (nSPS) is 9.76. The molecule has 0 saturated heterocycles. The number of nitrogens with zero attached hydrogens (tertiary/aromatic N) is 1. The molecule has 1 aromatic rings. The number of ether oxygens (including phenoxy) is 1. The van der Waals surface area contributed by atoms with E-state index in [1.807, 2.05) is 18.2 Å². The highest BCUT2D eigenvalue weighted by Gasteiger charge is 2.03. The molecule has 0 atom stereocenters. The number of hydrogen-bond donors (Lipinski definition) is 1. The van der Waals surface area contributed by atoms with Crippen LogP contribution >= 0.6 is 0 Å². The Labute approximate surface area is 103 Å². The summed E-state index contributed by atoms with van der Waals surface area (Å²) in [7, 11) is 1.37. The number of alkyl carbamates (subject to hydrolysis) is 1. The first-order chi connectivity index (χ1) is 8.27. The highest BCUT2D eigenvalue weighted by molar-refractivity contribution is 5.66. The molecule has 1 amide bonds. The number of hydrogen-bond acceptors (Lipinski definition) is 3. The minimum atomic E-state index is -0.368. The van der Waals surface area contributed by atoms with Gasteiger partial charge in [0.15, 0.2) is 0 Å². The van der Waals surface area contributed by atoms with E-state index in [0.29, 0.717) is 6.54 Å². The minimum Gasteiger partial charge on any atom is -0.453 e. The molecule has 0 radical (unpaired) electrons. The number of carbonyl (C=O) groups excluding carboxylic acids is 1. The van der Waals surface area contributed by atoms with Gasteiger partial charge in [-0.2, -0.15) is 0 Å². The van der Waals surface area contributed by atoms with E-state index in [2.05, 4.69) is 34.0 Å². The molecule has 0 unspecified atom stereocenters. The van der Waals surface area contributed by atoms with E-state index in [1.54, 1.807) is 0 Å². The van der Waals surface area contributed by atoms with Gasteiger partial charge in [0.1, 0.15) is 0 Å². The highest BCUT2D eigenvalue weighted by atomic mass is 16.5. The van der Waals surface area contributed by atoms with Crippen LogP contribution < -0.4 is 10.2 Å². The second-order valence-electron chi connectivity index (χ2n) is 3.69. The van der Waals surface area contributed by atoms with Crippen molar-refractivity contribution in [2.24, 2.45) is 0 Å². The predicted octanol–water partition coefficient (Wildman–Crippen LogP) is 2.26. The number of carbonyl (C=O) groups is 1. The Morgan fingerprint density at radius 2 is 2.06 bits per heavy atom. The van der Waals surface area contributed by atoms with Crippen LogP contribution in [-0.2, 0) is 4.74 Å². The lowest BCUT2D eigenvalue weighted by molar-refractivity contribution is 0.171. The molecule has 4 nitrogen and oxygen atoms in total. The maximum Gasteiger partial charge on any atom is 0.406 e. The van der Waals surface area contributed by atoms with Gasteiger partial charge in [-0.25, -0.2) is 4.79 Å². The largest absolute Gasteiger partial charge is 0.453 e. The maximum absolute atomic E-state index is 10.8. The van der Waals surface area contributed by atoms with Crippen LogP contribution in [0.2, 0.25) is 0 Å². The molecule has 0 heterocycles. The SMILES string of the molecule is CCN(CCCNC(=O)OC)c1ccccc1. The van der Waals surface area contributed by atoms with Gasteiger partial charge >= 0.3 is 6.09 Å². The third-order valence-electron chi connectivity index (χ3n) is 2.56. The van der Waals surface area contributed by atoms with E-state index >= 15 is 0 Å². The van der Waals surface area contributed by atoms with Crippen LogP contribution in [0.15, 0.2) is 30.3 Å². The average molecular weight is 236 g/mol. The first-order valence-electron chi connectivity index (χ1n) is 5.89. The van der Waals surface area contributed by atoms with Crippen molar-refractivity contribution in [2.75, 3.05) is 31.6 Å². The van der Waals surface area contributed by atoms with Crippen LogP contribution in [0.25, 0.3) is 0 Å². The summed E-state index contributed by atoms with van der Waals surface area (Å²) < 4.78 is 4.50. The van der Waals surface area contributed by atoms with E-state index in [9.17, 15) is 4.79 Å². The lowest BCUT2D eigenvalue weighted by atomic mass is 10.2. The molecule has 0 aromatic heterocycles. The monoisotopic (exact) mass is 236 g/mol. The van der Waals surface area contributed by atoms with Crippen molar-refractivity contribution in [1.29, 1.82) is 0 Å². The van der Waals surface area contributed by atoms with Crippen molar-refractivity contribution in [1.82, 2.24) is 5.32 Å². The molecule has 0 saturated carbocycles. The predicted molar refractivity (Wildman–Crippen MR) is 69.4 cm³/mol. The van der Waals surface area contributed by atoms with E-state index in [-0.39, 0.29) is 6.09 Å². The van der Waals surface area contributed by atoms with Gasteiger partial charge in [0.25, 0.3) is 0 Å². The highest BCUT2D eigenvalue weighted by Crippen LogP contribution is 2.12. The number of nitrogens with one attached hydrogen (secondary N) is 1. The Kier molecular flexibility index (Phi) is 5.93. The Bertz CT molecular complexity index is 327. The molecule has 94 valence electrons. The standard InChI is InChI=1S/C13H20N2O2/c1-3-15(12-8-5-4-6-9-12)11-7-10-14-13(16)17-2/h4-6,8-9H,3,7,10-11H2,1-2H3,(H,14,16). The summed E-state index contributed by atoms with van der Waals surface area (Å²) in [4.78, 5) is 13.1. The fraction of sp³-hybridized carbons (Fsp3) is 0.462. The van der Waals surface area contributed by atoms with Gasteiger partial charge in [0.05, 0.1) is 7.11 Å². The molecule has 1 N–H and O–H groups in total. The molecular formula is C13H20N2O2. The molecule has 0 aliphatic carbocycles. The summed E-state index contributed by atoms with van der Waals surface area (Å²) in [5, 5.41) is 2.68. The van der Waals surface area contributed by atoms with Crippen LogP contribution in [0.4, 0.5) is 10.5 Å². The Balaban J connectivity index is 2.31. The lowest BCUT2D eigenvalue weighted by Crippen LogP contribution is -2.29. The van der Waals surface area contributed by atoms with E-state index in [0.717, 1.165) is 19.5 Å². The van der Waals surface area contributed by atoms with Crippen LogP contribution in [0.3, 0.4) is 0 Å². The van der Waals surface area contributed by atoms with Crippen molar-refractivity contribution in [2.45, 2.75) is 13.3 Å². The molecule has 1 rings (SSSR count). The molecular weight excluding hydrogens is 216 g/mol. The van der Waals surface area contributed by atoms with Gasteiger partial charge in [-0.05, 0) is 25.5 Å². The molecule has 0 fully saturated rings. The number of anilines is 1. The quantitative estimate of drug-likeness (QED) is 0.770. The Morgan fingerprint density at radius 1 is 1.35 bits per heavy atom. The second-order valence-corrected chi connectivity index (χ2v) is 3.69. The summed E-state index contributed by atoms with van der Waals surface area (Å²) in [6.07, 6.45) is 0.533. The third kappa shape index (κ3) is 4.76. The van der Waals surface area contributed by atoms with Crippen LogP contribution in [0.5, 0.6) is 0 Å². The molecule has 0 aliphatic rings. The summed E-state index contributed by atoms with van der Waals surface area (Å²) >= 11 is 0. The summed E-state index contributed by atoms with van der Waals surface area (Å²) in [6, 6.07) is 10.3. The lowest BCUT2D eigenvalue weighted by Gasteiger charge is -2.22. The smallest absolute Gasteiger partial charge is 0.406 e. The van der Waals surface area contributed by atoms with Gasteiger partial charge in [-0.3, -0.25) is 0 Å². The van der Waals surface area contributed by atoms with Gasteiger partial charge in [-0.1, -0.05) is 18.2 Å². The van der Waals surface area contributed by atoms with Gasteiger partial charge in [0.2, 0.25) is 0 Å². The zero-order chi connectivity index (χ0) is 12.5. The van der Waals surface area contributed by atoms with Crippen LogP contribution in [0.1, 0.15) is 13.3 Å². The molecule has 4 heteroatoms. The van der Waals surface area contributed by atoms with Crippen molar-refractivity contribution in [3.05, 3.63) is 30.3 Å². The molecule has 0 bridgehead atoms. The number of benzene rings is 1. The fourth-order valence-electron chi connectivity index (χ4n) is 1.64. The van der Waals surface area contributed by atoms with Gasteiger partial charge in [-0.15, -0.1) is 0 Å². The number of amides is 1. The van der Waals surface area contributed by atoms with Crippen molar-refractivity contribution in [3.8, 4) is 0 Å². The first kappa shape index (κ1) is 13.4. The third-order valence-corrected chi connectivity index (χ3v) is 2.56. The topological polar surface area (TPSA) is 41.6 Å². The van der Waals surface area contributed by atoms with Gasteiger partial charge in [0, 0.05) is 25.3 Å². The Morgan fingerprint density at radius 3 is 2.65 bits per heavy atom. The summed E-state index contributed by atoms with van der Waals surface area (Å²) in [6.45, 7) is 4.64. The molecule has 1 aromatic carbocycles. The average Bonchev–Trinajstić information content (AvgIpc) is 2.39. The second kappa shape index (κ2) is 7.54. The Hall–Kier alpha value is -1.71. The van der Waals surface area contributed by atoms with Gasteiger partial charge < -0.3 is 15.0 Å². The van der Waals surface area contributed by atoms with Crippen molar-refractivity contribution >= 4 is 11.8 Å². The number of rotatable bonds is 6. The van der Waals surface area contributed by atoms with Crippen LogP contribution in [0, 0.1) is 0 Å². The van der Waals surface area contributed by atoms with Crippen molar-refractivity contribution < 1.29 is 9.53 Å². The molecule has 17 heavy (non-hydrogen) atoms. The van der Waals surface area contributed by atoms with Crippen molar-refractivity contribution in [3.63, 3.8) is 0 Å². The van der Waals surface area contributed by atoms with E-state index in [1.165, 1.54) is 12.8 Å².